The summed E-state index contributed by atoms with van der Waals surface area (Å²) < 4.78 is 0. The highest BCUT2D eigenvalue weighted by atomic mass is 16.2. The number of hydrogen-bond acceptors (Lipinski definition) is 2. The number of amides is 1. The highest BCUT2D eigenvalue weighted by Crippen LogP contribution is 2.35. The Hall–Kier alpha value is -1.06. The van der Waals surface area contributed by atoms with E-state index in [1.807, 2.05) is 0 Å². The van der Waals surface area contributed by atoms with Crippen molar-refractivity contribution in [2.24, 2.45) is 10.9 Å². The summed E-state index contributed by atoms with van der Waals surface area (Å²) in [6, 6.07) is 0. The second-order valence-electron chi connectivity index (χ2n) is 5.26. The Labute approximate surface area is 103 Å². The van der Waals surface area contributed by atoms with Crippen LogP contribution in [0.5, 0.6) is 0 Å². The maximum Gasteiger partial charge on any atom is 0.252 e. The van der Waals surface area contributed by atoms with Gasteiger partial charge in [-0.2, -0.15) is 0 Å². The third-order valence-electron chi connectivity index (χ3n) is 3.95. The zero-order chi connectivity index (χ0) is 12.3. The molecule has 2 rings (SSSR count). The summed E-state index contributed by atoms with van der Waals surface area (Å²) in [5, 5.41) is 6.24. The van der Waals surface area contributed by atoms with Crippen LogP contribution in [0.2, 0.25) is 0 Å². The number of guanidine groups is 1. The molecule has 0 aromatic rings. The molecule has 4 heteroatoms. The molecule has 96 valence electrons. The van der Waals surface area contributed by atoms with Crippen LogP contribution in [-0.4, -0.2) is 24.0 Å². The van der Waals surface area contributed by atoms with E-state index in [0.29, 0.717) is 11.9 Å². The number of rotatable bonds is 3. The molecular weight excluding hydrogens is 214 g/mol. The number of nitrogens with zero attached hydrogens (tertiary/aromatic N) is 1. The average molecular weight is 237 g/mol. The monoisotopic (exact) mass is 237 g/mol. The van der Waals surface area contributed by atoms with Crippen LogP contribution in [0.1, 0.15) is 52.4 Å². The summed E-state index contributed by atoms with van der Waals surface area (Å²) >= 11 is 0. The quantitative estimate of drug-likeness (QED) is 0.786. The van der Waals surface area contributed by atoms with Gasteiger partial charge in [-0.1, -0.05) is 33.1 Å². The summed E-state index contributed by atoms with van der Waals surface area (Å²) in [7, 11) is 0. The molecule has 0 radical (unpaired) electrons. The van der Waals surface area contributed by atoms with Crippen molar-refractivity contribution < 1.29 is 4.79 Å². The van der Waals surface area contributed by atoms with Crippen LogP contribution >= 0.6 is 0 Å². The van der Waals surface area contributed by atoms with Crippen LogP contribution in [-0.2, 0) is 4.79 Å². The van der Waals surface area contributed by atoms with Crippen molar-refractivity contribution in [3.05, 3.63) is 0 Å². The minimum absolute atomic E-state index is 0.130. The van der Waals surface area contributed by atoms with E-state index in [2.05, 4.69) is 29.5 Å². The molecule has 2 fully saturated rings. The second-order valence-corrected chi connectivity index (χ2v) is 5.26. The van der Waals surface area contributed by atoms with Crippen molar-refractivity contribution in [3.63, 3.8) is 0 Å². The first-order valence-electron chi connectivity index (χ1n) is 6.84. The molecule has 2 N–H and O–H groups in total. The van der Waals surface area contributed by atoms with E-state index in [4.69, 9.17) is 0 Å². The normalized spacial score (nSPS) is 35.1. The SMILES string of the molecule is CCCN=C1NC(=O)C2(CCCC(CC)C2)N1. The van der Waals surface area contributed by atoms with Gasteiger partial charge >= 0.3 is 0 Å². The van der Waals surface area contributed by atoms with Crippen LogP contribution in [0.3, 0.4) is 0 Å². The van der Waals surface area contributed by atoms with Gasteiger partial charge in [-0.25, -0.2) is 0 Å². The van der Waals surface area contributed by atoms with Crippen molar-refractivity contribution in [3.8, 4) is 0 Å². The molecule has 1 saturated carbocycles. The first-order chi connectivity index (χ1) is 8.20. The lowest BCUT2D eigenvalue weighted by molar-refractivity contribution is -0.125. The number of aliphatic imine (C=N–C) groups is 1. The standard InChI is InChI=1S/C13H23N3O/c1-3-8-14-12-15-11(17)13(16-12)7-5-6-10(4-2)9-13/h10H,3-9H2,1-2H3,(H2,14,15,16,17). The smallest absolute Gasteiger partial charge is 0.252 e. The maximum atomic E-state index is 12.1. The lowest BCUT2D eigenvalue weighted by Crippen LogP contribution is -2.50. The molecule has 1 aliphatic heterocycles. The highest BCUT2D eigenvalue weighted by molar-refractivity contribution is 6.09. The van der Waals surface area contributed by atoms with E-state index in [0.717, 1.165) is 38.6 Å². The molecule has 4 nitrogen and oxygen atoms in total. The zero-order valence-electron chi connectivity index (χ0n) is 10.9. The molecule has 0 aromatic carbocycles. The van der Waals surface area contributed by atoms with Gasteiger partial charge in [-0.3, -0.25) is 15.1 Å². The van der Waals surface area contributed by atoms with Crippen molar-refractivity contribution in [1.82, 2.24) is 10.6 Å². The Balaban J connectivity index is 2.07. The minimum Gasteiger partial charge on any atom is -0.342 e. The van der Waals surface area contributed by atoms with E-state index in [9.17, 15) is 4.79 Å². The largest absolute Gasteiger partial charge is 0.342 e. The molecule has 0 bridgehead atoms. The topological polar surface area (TPSA) is 53.5 Å². The predicted octanol–water partition coefficient (Wildman–Crippen LogP) is 1.81. The summed E-state index contributed by atoms with van der Waals surface area (Å²) in [5.74, 6) is 1.49. The third-order valence-corrected chi connectivity index (χ3v) is 3.95. The number of carbonyl (C=O) groups excluding carboxylic acids is 1. The Morgan fingerprint density at radius 1 is 1.47 bits per heavy atom. The summed E-state index contributed by atoms with van der Waals surface area (Å²) in [6.07, 6.45) is 6.47. The molecule has 2 aliphatic rings. The van der Waals surface area contributed by atoms with Crippen molar-refractivity contribution in [2.75, 3.05) is 6.54 Å². The fourth-order valence-electron chi connectivity index (χ4n) is 2.90. The van der Waals surface area contributed by atoms with E-state index in [1.54, 1.807) is 0 Å². The predicted molar refractivity (Wildman–Crippen MR) is 68.9 cm³/mol. The average Bonchev–Trinajstić information content (AvgIpc) is 2.63. The minimum atomic E-state index is -0.356. The first-order valence-corrected chi connectivity index (χ1v) is 6.84. The van der Waals surface area contributed by atoms with Gasteiger partial charge in [0, 0.05) is 6.54 Å². The van der Waals surface area contributed by atoms with E-state index < -0.39 is 0 Å². The van der Waals surface area contributed by atoms with Crippen molar-refractivity contribution >= 4 is 11.9 Å². The summed E-state index contributed by atoms with van der Waals surface area (Å²) in [6.45, 7) is 5.07. The highest BCUT2D eigenvalue weighted by Gasteiger charge is 2.47. The van der Waals surface area contributed by atoms with Crippen molar-refractivity contribution in [1.29, 1.82) is 0 Å². The molecule has 0 aromatic heterocycles. The molecule has 1 saturated heterocycles. The van der Waals surface area contributed by atoms with Crippen LogP contribution < -0.4 is 10.6 Å². The Bertz CT molecular complexity index is 327. The van der Waals surface area contributed by atoms with Gasteiger partial charge in [0.2, 0.25) is 0 Å². The Morgan fingerprint density at radius 3 is 3.00 bits per heavy atom. The summed E-state index contributed by atoms with van der Waals surface area (Å²) in [5.41, 5.74) is -0.356. The first kappa shape index (κ1) is 12.4. The van der Waals surface area contributed by atoms with Gasteiger partial charge in [-0.05, 0) is 25.2 Å². The van der Waals surface area contributed by atoms with Gasteiger partial charge in [0.05, 0.1) is 0 Å². The number of hydrogen-bond donors (Lipinski definition) is 2. The van der Waals surface area contributed by atoms with E-state index in [-0.39, 0.29) is 11.4 Å². The van der Waals surface area contributed by atoms with Gasteiger partial charge in [0.15, 0.2) is 5.96 Å². The van der Waals surface area contributed by atoms with E-state index >= 15 is 0 Å². The molecular formula is C13H23N3O. The number of carbonyl (C=O) groups is 1. The molecule has 1 spiro atoms. The number of nitrogens with one attached hydrogen (secondary N) is 2. The van der Waals surface area contributed by atoms with Crippen LogP contribution in [0.15, 0.2) is 4.99 Å². The Kier molecular flexibility index (Phi) is 3.69. The molecule has 2 unspecified atom stereocenters. The molecule has 1 aliphatic carbocycles. The van der Waals surface area contributed by atoms with Crippen molar-refractivity contribution in [2.45, 2.75) is 57.9 Å². The van der Waals surface area contributed by atoms with Gasteiger partial charge in [0.1, 0.15) is 5.54 Å². The van der Waals surface area contributed by atoms with Crippen LogP contribution in [0.25, 0.3) is 0 Å². The molecule has 17 heavy (non-hydrogen) atoms. The van der Waals surface area contributed by atoms with Crippen LogP contribution in [0, 0.1) is 5.92 Å². The van der Waals surface area contributed by atoms with Crippen LogP contribution in [0.4, 0.5) is 0 Å². The molecule has 2 atom stereocenters. The maximum absolute atomic E-state index is 12.1. The lowest BCUT2D eigenvalue weighted by atomic mass is 9.75. The van der Waals surface area contributed by atoms with Gasteiger partial charge < -0.3 is 5.32 Å². The third kappa shape index (κ3) is 2.45. The Morgan fingerprint density at radius 2 is 2.29 bits per heavy atom. The lowest BCUT2D eigenvalue weighted by Gasteiger charge is -2.35. The van der Waals surface area contributed by atoms with Gasteiger partial charge in [0.25, 0.3) is 5.91 Å². The zero-order valence-corrected chi connectivity index (χ0v) is 10.9. The van der Waals surface area contributed by atoms with E-state index in [1.165, 1.54) is 6.42 Å². The summed E-state index contributed by atoms with van der Waals surface area (Å²) in [4.78, 5) is 16.5. The fourth-order valence-corrected chi connectivity index (χ4v) is 2.90. The second kappa shape index (κ2) is 5.07. The molecule has 1 amide bonds. The molecule has 1 heterocycles. The van der Waals surface area contributed by atoms with Gasteiger partial charge in [-0.15, -0.1) is 0 Å². The fraction of sp³-hybridized carbons (Fsp3) is 0.846.